The van der Waals surface area contributed by atoms with E-state index < -0.39 is 0 Å². The lowest BCUT2D eigenvalue weighted by Crippen LogP contribution is -2.44. The van der Waals surface area contributed by atoms with Gasteiger partial charge >= 0.3 is 0 Å². The first-order chi connectivity index (χ1) is 15.1. The van der Waals surface area contributed by atoms with Crippen molar-refractivity contribution < 1.29 is 9.53 Å². The minimum atomic E-state index is -0.0720. The molecule has 3 aromatic rings. The van der Waals surface area contributed by atoms with Gasteiger partial charge in [0.1, 0.15) is 5.75 Å². The van der Waals surface area contributed by atoms with Gasteiger partial charge in [-0.05, 0) is 73.7 Å². The molecule has 1 atom stereocenters. The van der Waals surface area contributed by atoms with Crippen molar-refractivity contribution in [1.82, 2.24) is 14.9 Å². The molecule has 1 aromatic heterocycles. The number of nitrogens with zero attached hydrogens (tertiary/aromatic N) is 3. The summed E-state index contributed by atoms with van der Waals surface area (Å²) in [6.45, 7) is 4.33. The van der Waals surface area contributed by atoms with Crippen LogP contribution in [0.15, 0.2) is 47.6 Å². The highest BCUT2D eigenvalue weighted by molar-refractivity contribution is 5.87. The first kappa shape index (κ1) is 19.8. The van der Waals surface area contributed by atoms with E-state index in [2.05, 4.69) is 45.1 Å². The minimum absolute atomic E-state index is 0.0720. The number of aromatic nitrogens is 1. The summed E-state index contributed by atoms with van der Waals surface area (Å²) in [5.41, 5.74) is 9.16. The summed E-state index contributed by atoms with van der Waals surface area (Å²) in [7, 11) is 1.64. The van der Waals surface area contributed by atoms with Crippen LogP contribution in [-0.2, 0) is 17.8 Å². The predicted octanol–water partition coefficient (Wildman–Crippen LogP) is 3.80. The molecule has 0 bridgehead atoms. The molecule has 0 saturated carbocycles. The number of amides is 1. The van der Waals surface area contributed by atoms with Gasteiger partial charge in [-0.1, -0.05) is 11.6 Å². The molecule has 1 aliphatic carbocycles. The highest BCUT2D eigenvalue weighted by Crippen LogP contribution is 2.42. The Hall–Kier alpha value is -3.12. The van der Waals surface area contributed by atoms with E-state index in [1.54, 1.807) is 13.3 Å². The molecule has 2 aromatic carbocycles. The highest BCUT2D eigenvalue weighted by Gasteiger charge is 2.35. The first-order valence-electron chi connectivity index (χ1n) is 11.0. The molecule has 6 heteroatoms. The van der Waals surface area contributed by atoms with Crippen LogP contribution >= 0.6 is 0 Å². The molecule has 0 spiro atoms. The highest BCUT2D eigenvalue weighted by atomic mass is 16.5. The zero-order valence-electron chi connectivity index (χ0n) is 18.1. The van der Waals surface area contributed by atoms with Crippen molar-refractivity contribution in [1.29, 1.82) is 0 Å². The summed E-state index contributed by atoms with van der Waals surface area (Å²) >= 11 is 0. The van der Waals surface area contributed by atoms with E-state index in [1.807, 2.05) is 24.3 Å². The standard InChI is InChI=1S/C25H28N4O2/c1-17-6-11-22-21(14-17)20-4-3-5-23-25(20)29(22)13-12-28(23)16-24(30)27-26-15-18-7-9-19(31-2)10-8-18/h6-11,14-15,23H,3-5,12-13,16H2,1-2H3,(H,27,30). The normalized spacial score (nSPS) is 18.3. The van der Waals surface area contributed by atoms with Gasteiger partial charge in [0.2, 0.25) is 0 Å². The monoisotopic (exact) mass is 416 g/mol. The second kappa shape index (κ2) is 8.19. The number of fused-ring (bicyclic) bond motifs is 3. The van der Waals surface area contributed by atoms with Gasteiger partial charge in [-0.25, -0.2) is 5.43 Å². The molecule has 0 fully saturated rings. The number of benzene rings is 2. The fourth-order valence-corrected chi connectivity index (χ4v) is 5.07. The third kappa shape index (κ3) is 3.72. The zero-order chi connectivity index (χ0) is 21.4. The fraction of sp³-hybridized carbons (Fsp3) is 0.360. The number of methoxy groups -OCH3 is 1. The molecule has 0 saturated heterocycles. The van der Waals surface area contributed by atoms with E-state index in [-0.39, 0.29) is 5.91 Å². The van der Waals surface area contributed by atoms with Gasteiger partial charge in [0.05, 0.1) is 25.9 Å². The summed E-state index contributed by atoms with van der Waals surface area (Å²) in [5, 5.41) is 5.53. The van der Waals surface area contributed by atoms with E-state index in [9.17, 15) is 4.79 Å². The maximum atomic E-state index is 12.6. The summed E-state index contributed by atoms with van der Waals surface area (Å²) < 4.78 is 7.65. The third-order valence-corrected chi connectivity index (χ3v) is 6.50. The molecule has 6 nitrogen and oxygen atoms in total. The van der Waals surface area contributed by atoms with Gasteiger partial charge in [-0.15, -0.1) is 0 Å². The lowest BCUT2D eigenvalue weighted by molar-refractivity contribution is -0.123. The van der Waals surface area contributed by atoms with Crippen molar-refractivity contribution in [3.8, 4) is 5.75 Å². The summed E-state index contributed by atoms with van der Waals surface area (Å²) in [6.07, 6.45) is 5.06. The first-order valence-corrected chi connectivity index (χ1v) is 11.0. The Balaban J connectivity index is 1.29. The predicted molar refractivity (Wildman–Crippen MR) is 123 cm³/mol. The molecular formula is C25H28N4O2. The Kier molecular flexibility index (Phi) is 5.24. The van der Waals surface area contributed by atoms with E-state index >= 15 is 0 Å². The molecule has 160 valence electrons. The number of hydrogen-bond donors (Lipinski definition) is 1. The Labute approximate surface area is 182 Å². The van der Waals surface area contributed by atoms with Gasteiger partial charge in [0, 0.05) is 29.7 Å². The van der Waals surface area contributed by atoms with Crippen LogP contribution < -0.4 is 10.2 Å². The topological polar surface area (TPSA) is 58.9 Å². The third-order valence-electron chi connectivity index (χ3n) is 6.50. The maximum Gasteiger partial charge on any atom is 0.254 e. The number of nitrogens with one attached hydrogen (secondary N) is 1. The van der Waals surface area contributed by atoms with Crippen molar-refractivity contribution in [3.05, 3.63) is 64.8 Å². The number of carbonyl (C=O) groups is 1. The van der Waals surface area contributed by atoms with Crippen LogP contribution in [-0.4, -0.2) is 41.8 Å². The van der Waals surface area contributed by atoms with Crippen molar-refractivity contribution in [2.75, 3.05) is 20.2 Å². The van der Waals surface area contributed by atoms with Gasteiger partial charge in [0.25, 0.3) is 5.91 Å². The van der Waals surface area contributed by atoms with Crippen LogP contribution in [0.4, 0.5) is 0 Å². The van der Waals surface area contributed by atoms with Crippen LogP contribution in [0.25, 0.3) is 10.9 Å². The minimum Gasteiger partial charge on any atom is -0.497 e. The van der Waals surface area contributed by atoms with E-state index in [1.165, 1.54) is 34.1 Å². The molecule has 2 aliphatic rings. The molecule has 0 radical (unpaired) electrons. The average molecular weight is 417 g/mol. The molecule has 31 heavy (non-hydrogen) atoms. The number of aryl methyl sites for hydroxylation is 2. The number of hydrogen-bond acceptors (Lipinski definition) is 4. The van der Waals surface area contributed by atoms with Gasteiger partial charge in [-0.2, -0.15) is 5.10 Å². The summed E-state index contributed by atoms with van der Waals surface area (Å²) in [6, 6.07) is 14.6. The number of carbonyl (C=O) groups excluding carboxylic acids is 1. The van der Waals surface area contributed by atoms with Gasteiger partial charge in [0.15, 0.2) is 0 Å². The molecule has 5 rings (SSSR count). The Morgan fingerprint density at radius 1 is 1.23 bits per heavy atom. The molecule has 1 unspecified atom stereocenters. The zero-order valence-corrected chi connectivity index (χ0v) is 18.1. The van der Waals surface area contributed by atoms with Crippen LogP contribution in [0.1, 0.15) is 41.3 Å². The van der Waals surface area contributed by atoms with Crippen molar-refractivity contribution in [2.24, 2.45) is 5.10 Å². The lowest BCUT2D eigenvalue weighted by atomic mass is 9.89. The molecular weight excluding hydrogens is 388 g/mol. The molecule has 1 aliphatic heterocycles. The van der Waals surface area contributed by atoms with Crippen LogP contribution in [0.3, 0.4) is 0 Å². The average Bonchev–Trinajstić information content (AvgIpc) is 3.10. The molecule has 2 heterocycles. The van der Waals surface area contributed by atoms with Crippen LogP contribution in [0.5, 0.6) is 5.75 Å². The molecule has 1 amide bonds. The van der Waals surface area contributed by atoms with E-state index in [0.29, 0.717) is 12.6 Å². The summed E-state index contributed by atoms with van der Waals surface area (Å²) in [4.78, 5) is 14.9. The number of rotatable bonds is 5. The largest absolute Gasteiger partial charge is 0.497 e. The van der Waals surface area contributed by atoms with Crippen LogP contribution in [0.2, 0.25) is 0 Å². The fourth-order valence-electron chi connectivity index (χ4n) is 5.07. The molecule has 1 N–H and O–H groups in total. The Bertz CT molecular complexity index is 1150. The lowest BCUT2D eigenvalue weighted by Gasteiger charge is -2.39. The van der Waals surface area contributed by atoms with E-state index in [0.717, 1.165) is 37.2 Å². The SMILES string of the molecule is COc1ccc(C=NNC(=O)CN2CCn3c4c(c5cc(C)ccc53)CCCC42)cc1. The Morgan fingerprint density at radius 3 is 2.87 bits per heavy atom. The maximum absolute atomic E-state index is 12.6. The summed E-state index contributed by atoms with van der Waals surface area (Å²) in [5.74, 6) is 0.725. The van der Waals surface area contributed by atoms with Gasteiger partial charge in [-0.3, -0.25) is 9.69 Å². The smallest absolute Gasteiger partial charge is 0.254 e. The quantitative estimate of drug-likeness (QED) is 0.508. The Morgan fingerprint density at radius 2 is 2.06 bits per heavy atom. The second-order valence-corrected chi connectivity index (χ2v) is 8.48. The van der Waals surface area contributed by atoms with Crippen molar-refractivity contribution in [2.45, 2.75) is 38.8 Å². The number of ether oxygens (including phenoxy) is 1. The van der Waals surface area contributed by atoms with Crippen LogP contribution in [0, 0.1) is 6.92 Å². The van der Waals surface area contributed by atoms with E-state index in [4.69, 9.17) is 4.74 Å². The van der Waals surface area contributed by atoms with Gasteiger partial charge < -0.3 is 9.30 Å². The van der Waals surface area contributed by atoms with Crippen molar-refractivity contribution in [3.63, 3.8) is 0 Å². The second-order valence-electron chi connectivity index (χ2n) is 8.48. The van der Waals surface area contributed by atoms with Crippen molar-refractivity contribution >= 4 is 23.0 Å². The number of hydrazone groups is 1.